The summed E-state index contributed by atoms with van der Waals surface area (Å²) in [5.41, 5.74) is 7.20. The number of hydrogen-bond donors (Lipinski definition) is 2. The summed E-state index contributed by atoms with van der Waals surface area (Å²) in [5.74, 6) is 0.641. The van der Waals surface area contributed by atoms with E-state index in [9.17, 15) is 0 Å². The Morgan fingerprint density at radius 1 is 1.53 bits per heavy atom. The Morgan fingerprint density at radius 3 is 2.94 bits per heavy atom. The molecule has 0 aromatic carbocycles. The highest BCUT2D eigenvalue weighted by molar-refractivity contribution is 6.28. The number of anilines is 2. The molecule has 5 nitrogen and oxygen atoms in total. The molecule has 1 aliphatic heterocycles. The number of likely N-dealkylation sites (N-methyl/N-ethyl adjacent to an activating group) is 1. The molecule has 1 atom stereocenters. The maximum atomic E-state index is 5.91. The summed E-state index contributed by atoms with van der Waals surface area (Å²) < 4.78 is 0. The van der Waals surface area contributed by atoms with Crippen LogP contribution in [0.4, 0.5) is 11.5 Å². The van der Waals surface area contributed by atoms with Gasteiger partial charge >= 0.3 is 0 Å². The molecule has 17 heavy (non-hydrogen) atoms. The van der Waals surface area contributed by atoms with Crippen LogP contribution in [0.25, 0.3) is 0 Å². The molecule has 0 aliphatic carbocycles. The lowest BCUT2D eigenvalue weighted by Gasteiger charge is -2.20. The molecule has 0 radical (unpaired) electrons. The quantitative estimate of drug-likeness (QED) is 0.802. The fourth-order valence-corrected chi connectivity index (χ4v) is 2.35. The molecular formula is C11H18ClN5. The second kappa shape index (κ2) is 5.06. The molecular weight excluding hydrogens is 238 g/mol. The van der Waals surface area contributed by atoms with Crippen molar-refractivity contribution >= 4 is 23.1 Å². The van der Waals surface area contributed by atoms with Crippen molar-refractivity contribution in [1.82, 2.24) is 14.9 Å². The van der Waals surface area contributed by atoms with Gasteiger partial charge in [-0.1, -0.05) is 0 Å². The summed E-state index contributed by atoms with van der Waals surface area (Å²) in [4.78, 5) is 10.5. The summed E-state index contributed by atoms with van der Waals surface area (Å²) in [6.45, 7) is 3.83. The summed E-state index contributed by atoms with van der Waals surface area (Å²) in [6, 6.07) is 0.545. The van der Waals surface area contributed by atoms with Crippen LogP contribution >= 0.6 is 11.6 Å². The summed E-state index contributed by atoms with van der Waals surface area (Å²) in [5, 5.41) is 3.50. The molecule has 0 saturated carbocycles. The minimum atomic E-state index is 0.235. The predicted octanol–water partition coefficient (Wildman–Crippen LogP) is 1.53. The number of halogens is 1. The summed E-state index contributed by atoms with van der Waals surface area (Å²) in [6.07, 6.45) is 2.46. The number of nitrogens with two attached hydrogens (primary N) is 1. The summed E-state index contributed by atoms with van der Waals surface area (Å²) >= 11 is 5.82. The van der Waals surface area contributed by atoms with E-state index < -0.39 is 0 Å². The number of likely N-dealkylation sites (tertiary alicyclic amines) is 1. The predicted molar refractivity (Wildman–Crippen MR) is 70.3 cm³/mol. The van der Waals surface area contributed by atoms with Gasteiger partial charge < -0.3 is 16.0 Å². The van der Waals surface area contributed by atoms with Crippen molar-refractivity contribution < 1.29 is 0 Å². The monoisotopic (exact) mass is 255 g/mol. The van der Waals surface area contributed by atoms with Gasteiger partial charge in [-0.2, -0.15) is 4.98 Å². The Bertz CT molecular complexity index is 409. The lowest BCUT2D eigenvalue weighted by atomic mass is 10.2. The van der Waals surface area contributed by atoms with E-state index in [-0.39, 0.29) is 5.28 Å². The minimum absolute atomic E-state index is 0.235. The van der Waals surface area contributed by atoms with Gasteiger partial charge in [0.15, 0.2) is 5.82 Å². The number of rotatable bonds is 3. The minimum Gasteiger partial charge on any atom is -0.394 e. The Morgan fingerprint density at radius 2 is 2.29 bits per heavy atom. The van der Waals surface area contributed by atoms with Gasteiger partial charge in [-0.05, 0) is 45.0 Å². The summed E-state index contributed by atoms with van der Waals surface area (Å²) in [7, 11) is 2.14. The molecule has 94 valence electrons. The van der Waals surface area contributed by atoms with Gasteiger partial charge in [0.2, 0.25) is 5.28 Å². The van der Waals surface area contributed by atoms with Gasteiger partial charge in [0.25, 0.3) is 0 Å². The molecule has 1 aromatic heterocycles. The van der Waals surface area contributed by atoms with E-state index in [4.69, 9.17) is 17.3 Å². The van der Waals surface area contributed by atoms with Crippen LogP contribution in [0.1, 0.15) is 18.5 Å². The maximum Gasteiger partial charge on any atom is 0.224 e. The standard InChI is InChI=1S/C11H18ClN5/c1-7-9(13)10(16-11(12)15-7)14-6-8-4-3-5-17(8)2/h8H,3-6,13H2,1-2H3,(H,14,15,16). The van der Waals surface area contributed by atoms with Gasteiger partial charge in [0.1, 0.15) is 0 Å². The highest BCUT2D eigenvalue weighted by Crippen LogP contribution is 2.22. The van der Waals surface area contributed by atoms with Crippen molar-refractivity contribution in [2.75, 3.05) is 31.2 Å². The zero-order valence-electron chi connectivity index (χ0n) is 10.2. The zero-order valence-corrected chi connectivity index (χ0v) is 11.0. The number of nitrogens with zero attached hydrogens (tertiary/aromatic N) is 3. The first kappa shape index (κ1) is 12.4. The van der Waals surface area contributed by atoms with Crippen LogP contribution in [-0.2, 0) is 0 Å². The molecule has 0 bridgehead atoms. The molecule has 1 fully saturated rings. The lowest BCUT2D eigenvalue weighted by Crippen LogP contribution is -2.32. The van der Waals surface area contributed by atoms with Crippen LogP contribution in [0.3, 0.4) is 0 Å². The third kappa shape index (κ3) is 2.79. The molecule has 1 aromatic rings. The van der Waals surface area contributed by atoms with Gasteiger partial charge in [0, 0.05) is 12.6 Å². The zero-order chi connectivity index (χ0) is 12.4. The van der Waals surface area contributed by atoms with E-state index in [1.807, 2.05) is 6.92 Å². The van der Waals surface area contributed by atoms with Gasteiger partial charge in [-0.25, -0.2) is 4.98 Å². The van der Waals surface area contributed by atoms with Crippen LogP contribution in [0, 0.1) is 6.92 Å². The van der Waals surface area contributed by atoms with Gasteiger partial charge in [0.05, 0.1) is 11.4 Å². The normalized spacial score (nSPS) is 20.8. The molecule has 6 heteroatoms. The first-order valence-electron chi connectivity index (χ1n) is 5.81. The van der Waals surface area contributed by atoms with Crippen LogP contribution in [0.15, 0.2) is 0 Å². The number of aryl methyl sites for hydroxylation is 1. The molecule has 1 saturated heterocycles. The van der Waals surface area contributed by atoms with Crippen LogP contribution in [-0.4, -0.2) is 41.0 Å². The van der Waals surface area contributed by atoms with E-state index in [0.717, 1.165) is 13.1 Å². The molecule has 0 amide bonds. The first-order chi connectivity index (χ1) is 8.08. The highest BCUT2D eigenvalue weighted by atomic mass is 35.5. The van der Waals surface area contributed by atoms with Gasteiger partial charge in [-0.3, -0.25) is 0 Å². The molecule has 2 heterocycles. The fraction of sp³-hybridized carbons (Fsp3) is 0.636. The Labute approximate surface area is 106 Å². The lowest BCUT2D eigenvalue weighted by molar-refractivity contribution is 0.322. The maximum absolute atomic E-state index is 5.91. The number of aromatic nitrogens is 2. The van der Waals surface area contributed by atoms with Gasteiger partial charge in [-0.15, -0.1) is 0 Å². The Hall–Kier alpha value is -1.07. The molecule has 0 spiro atoms. The van der Waals surface area contributed by atoms with E-state index in [2.05, 4.69) is 27.2 Å². The highest BCUT2D eigenvalue weighted by Gasteiger charge is 2.21. The number of hydrogen-bond acceptors (Lipinski definition) is 5. The Kier molecular flexibility index (Phi) is 3.69. The first-order valence-corrected chi connectivity index (χ1v) is 6.19. The largest absolute Gasteiger partial charge is 0.394 e. The van der Waals surface area contributed by atoms with Crippen molar-refractivity contribution in [2.24, 2.45) is 0 Å². The number of nitrogens with one attached hydrogen (secondary N) is 1. The molecule has 1 unspecified atom stereocenters. The van der Waals surface area contributed by atoms with Crippen molar-refractivity contribution in [3.63, 3.8) is 0 Å². The third-order valence-corrected chi connectivity index (χ3v) is 3.45. The van der Waals surface area contributed by atoms with E-state index in [0.29, 0.717) is 23.2 Å². The second-order valence-electron chi connectivity index (χ2n) is 4.50. The smallest absolute Gasteiger partial charge is 0.224 e. The third-order valence-electron chi connectivity index (χ3n) is 3.29. The van der Waals surface area contributed by atoms with E-state index in [1.54, 1.807) is 0 Å². The second-order valence-corrected chi connectivity index (χ2v) is 4.84. The molecule has 2 rings (SSSR count). The topological polar surface area (TPSA) is 67.1 Å². The van der Waals surface area contributed by atoms with Crippen LogP contribution in [0.2, 0.25) is 5.28 Å². The van der Waals surface area contributed by atoms with Crippen LogP contribution < -0.4 is 11.1 Å². The van der Waals surface area contributed by atoms with E-state index in [1.165, 1.54) is 12.8 Å². The van der Waals surface area contributed by atoms with Crippen molar-refractivity contribution in [3.05, 3.63) is 11.0 Å². The molecule has 3 N–H and O–H groups in total. The SMILES string of the molecule is Cc1nc(Cl)nc(NCC2CCCN2C)c1N. The van der Waals surface area contributed by atoms with Crippen molar-refractivity contribution in [3.8, 4) is 0 Å². The number of nitrogen functional groups attached to an aromatic ring is 1. The van der Waals surface area contributed by atoms with Crippen LogP contribution in [0.5, 0.6) is 0 Å². The Balaban J connectivity index is 2.03. The average molecular weight is 256 g/mol. The van der Waals surface area contributed by atoms with Crippen molar-refractivity contribution in [2.45, 2.75) is 25.8 Å². The molecule has 1 aliphatic rings. The fourth-order valence-electron chi connectivity index (χ4n) is 2.13. The van der Waals surface area contributed by atoms with Crippen molar-refractivity contribution in [1.29, 1.82) is 0 Å². The average Bonchev–Trinajstić information content (AvgIpc) is 2.67. The van der Waals surface area contributed by atoms with E-state index >= 15 is 0 Å².